The van der Waals surface area contributed by atoms with E-state index in [9.17, 15) is 0 Å². The average Bonchev–Trinajstić information content (AvgIpc) is 2.42. The van der Waals surface area contributed by atoms with Crippen LogP contribution in [0.1, 0.15) is 33.7 Å². The van der Waals surface area contributed by atoms with E-state index in [1.165, 1.54) is 27.8 Å². The van der Waals surface area contributed by atoms with Gasteiger partial charge in [0.1, 0.15) is 5.75 Å². The van der Waals surface area contributed by atoms with Crippen molar-refractivity contribution in [1.82, 2.24) is 5.32 Å². The van der Waals surface area contributed by atoms with Gasteiger partial charge in [0.25, 0.3) is 0 Å². The summed E-state index contributed by atoms with van der Waals surface area (Å²) in [5, 5.41) is 3.20. The molecule has 2 nitrogen and oxygen atoms in total. The van der Waals surface area contributed by atoms with Gasteiger partial charge in [0, 0.05) is 12.5 Å². The van der Waals surface area contributed by atoms with Gasteiger partial charge >= 0.3 is 0 Å². The highest BCUT2D eigenvalue weighted by Gasteiger charge is 2.26. The Labute approximate surface area is 127 Å². The SMILES string of the molecule is CNCc1cc(C)c(OCC2Cc3ccccc32)c(C)c1. The van der Waals surface area contributed by atoms with Crippen molar-refractivity contribution in [3.05, 3.63) is 64.2 Å². The maximum Gasteiger partial charge on any atom is 0.125 e. The summed E-state index contributed by atoms with van der Waals surface area (Å²) in [4.78, 5) is 0. The Kier molecular flexibility index (Phi) is 3.98. The van der Waals surface area contributed by atoms with Gasteiger partial charge in [-0.3, -0.25) is 0 Å². The fraction of sp³-hybridized carbons (Fsp3) is 0.368. The highest BCUT2D eigenvalue weighted by molar-refractivity contribution is 5.44. The van der Waals surface area contributed by atoms with Crippen molar-refractivity contribution in [2.45, 2.75) is 32.7 Å². The van der Waals surface area contributed by atoms with Gasteiger partial charge in [-0.05, 0) is 55.1 Å². The Balaban J connectivity index is 1.69. The van der Waals surface area contributed by atoms with Crippen LogP contribution in [0.3, 0.4) is 0 Å². The Morgan fingerprint density at radius 3 is 2.52 bits per heavy atom. The monoisotopic (exact) mass is 281 g/mol. The molecule has 110 valence electrons. The molecule has 1 N–H and O–H groups in total. The number of rotatable bonds is 5. The van der Waals surface area contributed by atoms with Crippen LogP contribution in [0.2, 0.25) is 0 Å². The van der Waals surface area contributed by atoms with E-state index in [4.69, 9.17) is 4.74 Å². The molecular formula is C19H23NO. The molecule has 0 saturated heterocycles. The Bertz CT molecular complexity index is 625. The molecule has 0 radical (unpaired) electrons. The molecule has 0 bridgehead atoms. The van der Waals surface area contributed by atoms with Gasteiger partial charge in [-0.25, -0.2) is 0 Å². The quantitative estimate of drug-likeness (QED) is 0.901. The van der Waals surface area contributed by atoms with Gasteiger partial charge in [-0.2, -0.15) is 0 Å². The molecule has 0 spiro atoms. The van der Waals surface area contributed by atoms with Crippen molar-refractivity contribution in [3.63, 3.8) is 0 Å². The van der Waals surface area contributed by atoms with Gasteiger partial charge in [0.15, 0.2) is 0 Å². The molecule has 2 heteroatoms. The standard InChI is InChI=1S/C19H23NO/c1-13-8-15(11-20-3)9-14(2)19(13)21-12-17-10-16-6-4-5-7-18(16)17/h4-9,17,20H,10-12H2,1-3H3. The van der Waals surface area contributed by atoms with Crippen molar-refractivity contribution in [3.8, 4) is 5.75 Å². The molecule has 0 saturated carbocycles. The lowest BCUT2D eigenvalue weighted by molar-refractivity contribution is 0.272. The number of fused-ring (bicyclic) bond motifs is 1. The summed E-state index contributed by atoms with van der Waals surface area (Å²) in [6.07, 6.45) is 1.14. The first-order valence-corrected chi connectivity index (χ1v) is 7.64. The Morgan fingerprint density at radius 2 is 1.86 bits per heavy atom. The lowest BCUT2D eigenvalue weighted by Crippen LogP contribution is -2.23. The molecule has 0 aromatic heterocycles. The zero-order chi connectivity index (χ0) is 14.8. The lowest BCUT2D eigenvalue weighted by Gasteiger charge is -2.30. The molecule has 2 aromatic carbocycles. The number of aryl methyl sites for hydroxylation is 2. The molecule has 1 aliphatic carbocycles. The largest absolute Gasteiger partial charge is 0.492 e. The first-order chi connectivity index (χ1) is 10.2. The van der Waals surface area contributed by atoms with Crippen LogP contribution in [-0.2, 0) is 13.0 Å². The molecular weight excluding hydrogens is 258 g/mol. The summed E-state index contributed by atoms with van der Waals surface area (Å²) < 4.78 is 6.14. The normalized spacial score (nSPS) is 16.2. The topological polar surface area (TPSA) is 21.3 Å². The molecule has 1 aliphatic rings. The van der Waals surface area contributed by atoms with Crippen LogP contribution < -0.4 is 10.1 Å². The van der Waals surface area contributed by atoms with Crippen LogP contribution >= 0.6 is 0 Å². The summed E-state index contributed by atoms with van der Waals surface area (Å²) >= 11 is 0. The van der Waals surface area contributed by atoms with Crippen LogP contribution in [0.4, 0.5) is 0 Å². The minimum Gasteiger partial charge on any atom is -0.492 e. The van der Waals surface area contributed by atoms with Crippen molar-refractivity contribution in [2.75, 3.05) is 13.7 Å². The molecule has 0 heterocycles. The summed E-state index contributed by atoms with van der Waals surface area (Å²) in [6, 6.07) is 13.1. The van der Waals surface area contributed by atoms with Crippen LogP contribution in [0.5, 0.6) is 5.75 Å². The fourth-order valence-corrected chi connectivity index (χ4v) is 3.27. The van der Waals surface area contributed by atoms with Gasteiger partial charge in [0.05, 0.1) is 6.61 Å². The smallest absolute Gasteiger partial charge is 0.125 e. The van der Waals surface area contributed by atoms with Crippen molar-refractivity contribution in [1.29, 1.82) is 0 Å². The highest BCUT2D eigenvalue weighted by atomic mass is 16.5. The number of hydrogen-bond acceptors (Lipinski definition) is 2. The van der Waals surface area contributed by atoms with Crippen LogP contribution in [0.25, 0.3) is 0 Å². The first-order valence-electron chi connectivity index (χ1n) is 7.64. The van der Waals surface area contributed by atoms with E-state index >= 15 is 0 Å². The van der Waals surface area contributed by atoms with Gasteiger partial charge < -0.3 is 10.1 Å². The Hall–Kier alpha value is -1.80. The van der Waals surface area contributed by atoms with E-state index in [1.54, 1.807) is 0 Å². The van der Waals surface area contributed by atoms with Crippen molar-refractivity contribution in [2.24, 2.45) is 0 Å². The zero-order valence-corrected chi connectivity index (χ0v) is 13.1. The highest BCUT2D eigenvalue weighted by Crippen LogP contribution is 2.36. The second-order valence-corrected chi connectivity index (χ2v) is 6.00. The van der Waals surface area contributed by atoms with Gasteiger partial charge in [-0.1, -0.05) is 36.4 Å². The van der Waals surface area contributed by atoms with E-state index < -0.39 is 0 Å². The predicted octanol–water partition coefficient (Wildman–Crippen LogP) is 3.74. The number of ether oxygens (including phenoxy) is 1. The molecule has 21 heavy (non-hydrogen) atoms. The number of hydrogen-bond donors (Lipinski definition) is 1. The summed E-state index contributed by atoms with van der Waals surface area (Å²) in [6.45, 7) is 5.95. The van der Waals surface area contributed by atoms with Gasteiger partial charge in [-0.15, -0.1) is 0 Å². The van der Waals surface area contributed by atoms with Gasteiger partial charge in [0.2, 0.25) is 0 Å². The minimum atomic E-state index is 0.553. The van der Waals surface area contributed by atoms with Crippen LogP contribution in [0.15, 0.2) is 36.4 Å². The molecule has 1 unspecified atom stereocenters. The maximum absolute atomic E-state index is 6.14. The molecule has 0 fully saturated rings. The van der Waals surface area contributed by atoms with E-state index in [2.05, 4.69) is 55.6 Å². The second-order valence-electron chi connectivity index (χ2n) is 6.00. The second kappa shape index (κ2) is 5.90. The third-order valence-electron chi connectivity index (χ3n) is 4.29. The Morgan fingerprint density at radius 1 is 1.14 bits per heavy atom. The van der Waals surface area contributed by atoms with Crippen LogP contribution in [-0.4, -0.2) is 13.7 Å². The van der Waals surface area contributed by atoms with E-state index in [-0.39, 0.29) is 0 Å². The predicted molar refractivity (Wildman–Crippen MR) is 87.1 cm³/mol. The van der Waals surface area contributed by atoms with Crippen LogP contribution in [0, 0.1) is 13.8 Å². The third kappa shape index (κ3) is 2.81. The first kappa shape index (κ1) is 14.2. The van der Waals surface area contributed by atoms with E-state index in [1.807, 2.05) is 7.05 Å². The summed E-state index contributed by atoms with van der Waals surface area (Å²) in [5.41, 5.74) is 6.71. The lowest BCUT2D eigenvalue weighted by atomic mass is 9.78. The molecule has 3 rings (SSSR count). The van der Waals surface area contributed by atoms with E-state index in [0.29, 0.717) is 5.92 Å². The third-order valence-corrected chi connectivity index (χ3v) is 4.29. The molecule has 0 amide bonds. The van der Waals surface area contributed by atoms with Crippen molar-refractivity contribution < 1.29 is 4.74 Å². The maximum atomic E-state index is 6.14. The number of benzene rings is 2. The van der Waals surface area contributed by atoms with E-state index in [0.717, 1.165) is 25.3 Å². The number of nitrogens with one attached hydrogen (secondary N) is 1. The fourth-order valence-electron chi connectivity index (χ4n) is 3.27. The van der Waals surface area contributed by atoms with Crippen molar-refractivity contribution >= 4 is 0 Å². The minimum absolute atomic E-state index is 0.553. The molecule has 2 aromatic rings. The summed E-state index contributed by atoms with van der Waals surface area (Å²) in [7, 11) is 1.98. The molecule has 1 atom stereocenters. The molecule has 0 aliphatic heterocycles. The average molecular weight is 281 g/mol. The zero-order valence-electron chi connectivity index (χ0n) is 13.1. The summed E-state index contributed by atoms with van der Waals surface area (Å²) in [5.74, 6) is 1.61.